The van der Waals surface area contributed by atoms with Gasteiger partial charge in [-0.2, -0.15) is 0 Å². The fourth-order valence-electron chi connectivity index (χ4n) is 6.29. The third-order valence-electron chi connectivity index (χ3n) is 9.43. The van der Waals surface area contributed by atoms with Crippen molar-refractivity contribution in [2.45, 2.75) is 109 Å². The Morgan fingerprint density at radius 3 is 2.25 bits per heavy atom. The van der Waals surface area contributed by atoms with Crippen LogP contribution in [0.3, 0.4) is 0 Å². The summed E-state index contributed by atoms with van der Waals surface area (Å²) in [5.74, 6) is 2.62. The summed E-state index contributed by atoms with van der Waals surface area (Å²) in [5, 5.41) is 27.6. The number of hydrogen-bond acceptors (Lipinski definition) is 7. The Bertz CT molecular complexity index is 1280. The van der Waals surface area contributed by atoms with Crippen LogP contribution in [-0.4, -0.2) is 103 Å². The van der Waals surface area contributed by atoms with Gasteiger partial charge in [0.05, 0.1) is 29.9 Å². The zero-order chi connectivity index (χ0) is 35.5. The number of carbonyl (C=O) groups excluding carboxylic acids is 2. The number of hydrogen-bond donors (Lipinski definition) is 4. The first-order chi connectivity index (χ1) is 22.9. The number of rotatable bonds is 22. The van der Waals surface area contributed by atoms with Crippen molar-refractivity contribution >= 4 is 21.8 Å². The van der Waals surface area contributed by atoms with E-state index in [0.29, 0.717) is 25.8 Å². The number of nitrogens with one attached hydrogen (secondary N) is 2. The summed E-state index contributed by atoms with van der Waals surface area (Å²) in [6, 6.07) is 7.21. The third kappa shape index (κ3) is 14.3. The van der Waals surface area contributed by atoms with Gasteiger partial charge < -0.3 is 25.7 Å². The molecule has 0 aliphatic heterocycles. The Morgan fingerprint density at radius 2 is 1.65 bits per heavy atom. The Morgan fingerprint density at radius 1 is 0.979 bits per heavy atom. The molecule has 2 rings (SSSR count). The van der Waals surface area contributed by atoms with E-state index in [4.69, 9.17) is 12.8 Å². The van der Waals surface area contributed by atoms with Gasteiger partial charge in [0.25, 0.3) is 0 Å². The number of carbonyl (C=O) groups is 2. The van der Waals surface area contributed by atoms with Crippen LogP contribution in [0, 0.1) is 36.5 Å². The van der Waals surface area contributed by atoms with E-state index in [1.165, 1.54) is 11.4 Å². The zero-order valence-electron chi connectivity index (χ0n) is 29.1. The zero-order valence-corrected chi connectivity index (χ0v) is 30.0. The molecule has 0 heterocycles. The molecule has 0 saturated heterocycles. The maximum Gasteiger partial charge on any atom is 0.243 e. The molecule has 11 heteroatoms. The number of sulfonamides is 1. The smallest absolute Gasteiger partial charge is 0.243 e. The molecule has 5 atom stereocenters. The molecule has 0 aromatic heterocycles. The van der Waals surface area contributed by atoms with Crippen LogP contribution in [0.15, 0.2) is 30.3 Å². The number of unbranched alkanes of at least 4 members (excludes halogenated alkanes) is 1. The highest BCUT2D eigenvalue weighted by Gasteiger charge is 2.35. The molecule has 48 heavy (non-hydrogen) atoms. The molecule has 268 valence electrons. The van der Waals surface area contributed by atoms with Crippen LogP contribution >= 0.6 is 0 Å². The van der Waals surface area contributed by atoms with Gasteiger partial charge in [-0.1, -0.05) is 76.3 Å². The van der Waals surface area contributed by atoms with Crippen LogP contribution < -0.4 is 10.6 Å². The van der Waals surface area contributed by atoms with Gasteiger partial charge in [-0.15, -0.1) is 24.7 Å². The third-order valence-corrected chi connectivity index (χ3v) is 11.4. The van der Waals surface area contributed by atoms with Crippen LogP contribution in [0.2, 0.25) is 0 Å². The number of terminal acetylenes is 2. The first kappa shape index (κ1) is 41.2. The van der Waals surface area contributed by atoms with Gasteiger partial charge in [0.15, 0.2) is 0 Å². The molecule has 0 bridgehead atoms. The van der Waals surface area contributed by atoms with Crippen molar-refractivity contribution in [1.29, 1.82) is 0 Å². The molecule has 10 nitrogen and oxygen atoms in total. The van der Waals surface area contributed by atoms with Crippen LogP contribution in [0.25, 0.3) is 0 Å². The van der Waals surface area contributed by atoms with E-state index in [9.17, 15) is 28.2 Å². The highest BCUT2D eigenvalue weighted by atomic mass is 32.2. The first-order valence-corrected chi connectivity index (χ1v) is 19.1. The lowest BCUT2D eigenvalue weighted by molar-refractivity contribution is -0.132. The number of likely N-dealkylation sites (N-methyl/N-ethyl adjacent to an activating group) is 2. The Kier molecular flexibility index (Phi) is 18.8. The molecular formula is C37H58N4O6S. The van der Waals surface area contributed by atoms with E-state index in [-0.39, 0.29) is 31.7 Å². The van der Waals surface area contributed by atoms with E-state index in [0.717, 1.165) is 50.8 Å². The van der Waals surface area contributed by atoms with E-state index in [2.05, 4.69) is 27.4 Å². The summed E-state index contributed by atoms with van der Waals surface area (Å²) in [7, 11) is -2.32. The van der Waals surface area contributed by atoms with Crippen LogP contribution in [0.4, 0.5) is 0 Å². The number of nitrogens with zero attached hydrogens (tertiary/aromatic N) is 2. The van der Waals surface area contributed by atoms with Gasteiger partial charge in [-0.25, -0.2) is 12.7 Å². The molecule has 4 N–H and O–H groups in total. The second kappa shape index (κ2) is 21.9. The van der Waals surface area contributed by atoms with Crippen molar-refractivity contribution in [1.82, 2.24) is 19.8 Å². The number of aliphatic hydroxyl groups is 2. The van der Waals surface area contributed by atoms with E-state index >= 15 is 0 Å². The van der Waals surface area contributed by atoms with Crippen molar-refractivity contribution in [3.63, 3.8) is 0 Å². The van der Waals surface area contributed by atoms with Crippen molar-refractivity contribution in [3.05, 3.63) is 35.9 Å². The number of benzene rings is 1. The van der Waals surface area contributed by atoms with Crippen molar-refractivity contribution in [2.75, 3.05) is 39.0 Å². The maximum absolute atomic E-state index is 13.8. The average Bonchev–Trinajstić information content (AvgIpc) is 3.08. The molecule has 1 saturated carbocycles. The second-order valence-corrected chi connectivity index (χ2v) is 15.1. The normalized spacial score (nSPS) is 17.1. The highest BCUT2D eigenvalue weighted by molar-refractivity contribution is 7.89. The minimum Gasteiger partial charge on any atom is -0.390 e. The van der Waals surface area contributed by atoms with Gasteiger partial charge in [0.1, 0.15) is 6.04 Å². The van der Waals surface area contributed by atoms with E-state index < -0.39 is 57.8 Å². The minimum atomic E-state index is -3.84. The maximum atomic E-state index is 13.8. The van der Waals surface area contributed by atoms with E-state index in [1.54, 1.807) is 0 Å². The summed E-state index contributed by atoms with van der Waals surface area (Å²) in [6.07, 6.45) is 15.6. The van der Waals surface area contributed by atoms with E-state index in [1.807, 2.05) is 44.2 Å². The second-order valence-electron chi connectivity index (χ2n) is 13.0. The lowest BCUT2D eigenvalue weighted by Crippen LogP contribution is -2.56. The fraction of sp³-hybridized carbons (Fsp3) is 0.676. The summed E-state index contributed by atoms with van der Waals surface area (Å²) in [6.45, 7) is 6.48. The molecule has 1 fully saturated rings. The van der Waals surface area contributed by atoms with Crippen molar-refractivity contribution in [3.8, 4) is 24.7 Å². The molecule has 0 spiro atoms. The van der Waals surface area contributed by atoms with Gasteiger partial charge in [0.2, 0.25) is 21.8 Å². The van der Waals surface area contributed by atoms with Gasteiger partial charge in [0, 0.05) is 33.0 Å². The summed E-state index contributed by atoms with van der Waals surface area (Å²) >= 11 is 0. The lowest BCUT2D eigenvalue weighted by Gasteiger charge is -2.33. The largest absolute Gasteiger partial charge is 0.390 e. The quantitative estimate of drug-likeness (QED) is 0.109. The summed E-state index contributed by atoms with van der Waals surface area (Å²) in [5.41, 5.74) is 0.783. The topological polar surface area (TPSA) is 139 Å². The van der Waals surface area contributed by atoms with Gasteiger partial charge in [-0.05, 0) is 50.3 Å². The SMILES string of the molecule is C#CCCC[C@H](O)[C@H](O)[C@H](CC1CCCCC1)NC(=O)[C@H](CC#C)NC(=O)[C@@H](Cc1ccccc1)CS(=O)(=O)N(C)CCN(CC)CC. The Hall–Kier alpha value is -2.93. The molecule has 2 amide bonds. The van der Waals surface area contributed by atoms with Crippen LogP contribution in [0.1, 0.15) is 83.6 Å². The minimum absolute atomic E-state index is 0.136. The lowest BCUT2D eigenvalue weighted by atomic mass is 9.82. The first-order valence-electron chi connectivity index (χ1n) is 17.5. The number of aliphatic hydroxyl groups excluding tert-OH is 2. The molecule has 0 radical (unpaired) electrons. The Labute approximate surface area is 289 Å². The predicted molar refractivity (Wildman–Crippen MR) is 191 cm³/mol. The van der Waals surface area contributed by atoms with Gasteiger partial charge in [-0.3, -0.25) is 9.59 Å². The highest BCUT2D eigenvalue weighted by Crippen LogP contribution is 2.29. The van der Waals surface area contributed by atoms with Crippen LogP contribution in [-0.2, 0) is 26.0 Å². The fourth-order valence-corrected chi connectivity index (χ4v) is 7.68. The van der Waals surface area contributed by atoms with Gasteiger partial charge >= 0.3 is 0 Å². The summed E-state index contributed by atoms with van der Waals surface area (Å²) in [4.78, 5) is 29.7. The van der Waals surface area contributed by atoms with Crippen molar-refractivity contribution in [2.24, 2.45) is 11.8 Å². The predicted octanol–water partition coefficient (Wildman–Crippen LogP) is 2.94. The molecule has 0 unspecified atom stereocenters. The molecule has 1 aromatic carbocycles. The number of amides is 2. The molecule has 1 aromatic rings. The Balaban J connectivity index is 2.26. The molecular weight excluding hydrogens is 628 g/mol. The molecule has 1 aliphatic carbocycles. The summed E-state index contributed by atoms with van der Waals surface area (Å²) < 4.78 is 28.3. The van der Waals surface area contributed by atoms with Crippen LogP contribution in [0.5, 0.6) is 0 Å². The average molecular weight is 687 g/mol. The van der Waals surface area contributed by atoms with Crippen molar-refractivity contribution < 1.29 is 28.2 Å². The standard InChI is InChI=1S/C37H58N4O6S/c1-6-10-13-23-34(42)35(43)33(27-30-21-16-12-17-22-30)39-37(45)32(18-7-2)38-36(44)31(26-29-19-14-11-15-20-29)28-48(46,47)40(5)24-25-41(8-3)9-4/h1-2,11,14-15,19-20,30-35,42-43H,8-10,12-13,16-18,21-28H2,3-5H3,(H,38,44)(H,39,45)/t31-,32-,33-,34-,35+/m0/s1. The monoisotopic (exact) mass is 686 g/mol. The molecule has 1 aliphatic rings.